The number of rotatable bonds is 5. The minimum atomic E-state index is -0.0199. The van der Waals surface area contributed by atoms with E-state index in [1.807, 2.05) is 24.4 Å². The highest BCUT2D eigenvalue weighted by atomic mass is 16.3. The molecule has 0 saturated heterocycles. The smallest absolute Gasteiger partial charge is 0.124 e. The number of hydrogen-bond acceptors (Lipinski definition) is 3. The van der Waals surface area contributed by atoms with Crippen molar-refractivity contribution in [3.05, 3.63) is 137 Å². The molecule has 0 atom stereocenters. The predicted octanol–water partition coefficient (Wildman–Crippen LogP) is 13.0. The molecule has 6 aromatic rings. The molecule has 3 heteroatoms. The predicted molar refractivity (Wildman–Crippen MR) is 216 cm³/mol. The van der Waals surface area contributed by atoms with Gasteiger partial charge in [0.15, 0.2) is 0 Å². The molecule has 0 aliphatic rings. The lowest BCUT2D eigenvalue weighted by molar-refractivity contribution is 0.477. The summed E-state index contributed by atoms with van der Waals surface area (Å²) in [5.74, 6) is 0.211. The normalized spacial score (nSPS) is 12.3. The largest absolute Gasteiger partial charge is 0.507 e. The Morgan fingerprint density at radius 2 is 0.961 bits per heavy atom. The summed E-state index contributed by atoms with van der Waals surface area (Å²) in [6.07, 6.45) is 1.91. The van der Waals surface area contributed by atoms with E-state index in [4.69, 9.17) is 9.97 Å². The number of para-hydroxylation sites is 1. The van der Waals surface area contributed by atoms with Crippen LogP contribution in [0.3, 0.4) is 0 Å². The zero-order chi connectivity index (χ0) is 36.9. The number of phenols is 1. The lowest BCUT2D eigenvalue weighted by Crippen LogP contribution is -2.16. The quantitative estimate of drug-likeness (QED) is 0.198. The summed E-state index contributed by atoms with van der Waals surface area (Å²) in [5.41, 5.74) is 16.4. The van der Waals surface area contributed by atoms with Crippen molar-refractivity contribution in [2.75, 3.05) is 0 Å². The summed E-state index contributed by atoms with van der Waals surface area (Å²) >= 11 is 0. The van der Waals surface area contributed by atoms with Crippen LogP contribution >= 0.6 is 0 Å². The molecule has 3 nitrogen and oxygen atoms in total. The molecule has 0 spiro atoms. The van der Waals surface area contributed by atoms with E-state index in [9.17, 15) is 5.11 Å². The van der Waals surface area contributed by atoms with E-state index in [0.29, 0.717) is 5.56 Å². The van der Waals surface area contributed by atoms with Crippen LogP contribution in [0.15, 0.2) is 109 Å². The number of pyridine rings is 2. The van der Waals surface area contributed by atoms with Crippen molar-refractivity contribution < 1.29 is 5.11 Å². The first-order valence-electron chi connectivity index (χ1n) is 18.0. The molecule has 6 rings (SSSR count). The van der Waals surface area contributed by atoms with E-state index < -0.39 is 0 Å². The molecule has 0 unspecified atom stereocenters. The van der Waals surface area contributed by atoms with Gasteiger partial charge in [0, 0.05) is 22.9 Å². The zero-order valence-electron chi connectivity index (χ0n) is 32.2. The minimum absolute atomic E-state index is 0.0199. The number of hydrogen-bond donors (Lipinski definition) is 1. The molecule has 0 aliphatic carbocycles. The van der Waals surface area contributed by atoms with E-state index in [1.54, 1.807) is 6.07 Å². The number of aryl methyl sites for hydroxylation is 2. The monoisotopic (exact) mass is 672 g/mol. The Hall–Kier alpha value is -5.02. The van der Waals surface area contributed by atoms with Crippen molar-refractivity contribution in [2.24, 2.45) is 0 Å². The summed E-state index contributed by atoms with van der Waals surface area (Å²) in [6.45, 7) is 24.8. The SMILES string of the molecule is Cc1cc(C(C)(C)C)cc(C)c1-c1ccnc(-c2cccc(-c3cc(-c4cc(C(C)(C)C)cc(C(C)(C)C)c4)cc(-c4ccccc4O)n3)c2)c1. The molecule has 2 heterocycles. The second-order valence-electron chi connectivity index (χ2n) is 17.2. The molecule has 260 valence electrons. The van der Waals surface area contributed by atoms with E-state index in [1.165, 1.54) is 33.4 Å². The fourth-order valence-electron chi connectivity index (χ4n) is 6.77. The van der Waals surface area contributed by atoms with Crippen LogP contribution in [0.2, 0.25) is 0 Å². The van der Waals surface area contributed by atoms with E-state index in [0.717, 1.165) is 44.9 Å². The Morgan fingerprint density at radius 3 is 1.55 bits per heavy atom. The highest BCUT2D eigenvalue weighted by molar-refractivity contribution is 5.81. The van der Waals surface area contributed by atoms with Crippen LogP contribution in [0.1, 0.15) is 90.1 Å². The maximum absolute atomic E-state index is 10.9. The Balaban J connectivity index is 1.49. The Morgan fingerprint density at radius 1 is 0.451 bits per heavy atom. The van der Waals surface area contributed by atoms with Gasteiger partial charge in [-0.1, -0.05) is 123 Å². The van der Waals surface area contributed by atoms with Gasteiger partial charge in [0.05, 0.1) is 17.1 Å². The van der Waals surface area contributed by atoms with Crippen molar-refractivity contribution in [1.29, 1.82) is 0 Å². The second-order valence-corrected chi connectivity index (χ2v) is 17.2. The lowest BCUT2D eigenvalue weighted by atomic mass is 9.79. The van der Waals surface area contributed by atoms with Gasteiger partial charge in [-0.3, -0.25) is 4.98 Å². The minimum Gasteiger partial charge on any atom is -0.507 e. The van der Waals surface area contributed by atoms with Gasteiger partial charge in [0.2, 0.25) is 0 Å². The second kappa shape index (κ2) is 13.3. The molecule has 0 amide bonds. The van der Waals surface area contributed by atoms with E-state index in [-0.39, 0.29) is 22.0 Å². The number of nitrogens with zero attached hydrogens (tertiary/aromatic N) is 2. The molecule has 0 fully saturated rings. The van der Waals surface area contributed by atoms with Crippen LogP contribution in [0.25, 0.3) is 56.0 Å². The van der Waals surface area contributed by atoms with Crippen LogP contribution in [0.4, 0.5) is 0 Å². The Bertz CT molecular complexity index is 2180. The zero-order valence-corrected chi connectivity index (χ0v) is 32.2. The van der Waals surface area contributed by atoms with Gasteiger partial charge in [-0.25, -0.2) is 4.98 Å². The van der Waals surface area contributed by atoms with Crippen LogP contribution in [0, 0.1) is 13.8 Å². The van der Waals surface area contributed by atoms with E-state index in [2.05, 4.69) is 155 Å². The molecule has 0 aliphatic heterocycles. The molecule has 0 radical (unpaired) electrons. The first kappa shape index (κ1) is 35.8. The standard InChI is InChI=1S/C48H52N2O/c1-30-21-37(46(3,4)5)22-31(2)45(30)34-19-20-49-41(26-34)32-15-14-16-33(23-32)42-27-36(28-43(50-42)40-17-12-13-18-44(40)51)35-24-38(47(6,7)8)29-39(25-35)48(9,10)11/h12-29,51H,1-11H3. The number of benzene rings is 4. The third-order valence-electron chi connectivity index (χ3n) is 9.91. The average molecular weight is 673 g/mol. The highest BCUT2D eigenvalue weighted by Gasteiger charge is 2.22. The van der Waals surface area contributed by atoms with Crippen LogP contribution in [-0.4, -0.2) is 15.1 Å². The van der Waals surface area contributed by atoms with Crippen molar-refractivity contribution in [2.45, 2.75) is 92.4 Å². The van der Waals surface area contributed by atoms with Crippen molar-refractivity contribution in [3.8, 4) is 61.8 Å². The van der Waals surface area contributed by atoms with Gasteiger partial charge in [-0.2, -0.15) is 0 Å². The van der Waals surface area contributed by atoms with Gasteiger partial charge >= 0.3 is 0 Å². The van der Waals surface area contributed by atoms with Crippen LogP contribution < -0.4 is 0 Å². The molecule has 2 aromatic heterocycles. The fourth-order valence-corrected chi connectivity index (χ4v) is 6.77. The maximum Gasteiger partial charge on any atom is 0.124 e. The van der Waals surface area contributed by atoms with Crippen LogP contribution in [0.5, 0.6) is 5.75 Å². The van der Waals surface area contributed by atoms with Crippen LogP contribution in [-0.2, 0) is 16.2 Å². The third kappa shape index (κ3) is 7.69. The first-order chi connectivity index (χ1) is 23.9. The maximum atomic E-state index is 10.9. The van der Waals surface area contributed by atoms with Crippen molar-refractivity contribution >= 4 is 0 Å². The van der Waals surface area contributed by atoms with Gasteiger partial charge in [0.25, 0.3) is 0 Å². The summed E-state index contributed by atoms with van der Waals surface area (Å²) < 4.78 is 0. The molecular weight excluding hydrogens is 621 g/mol. The molecule has 1 N–H and O–H groups in total. The van der Waals surface area contributed by atoms with Gasteiger partial charge < -0.3 is 5.11 Å². The molecule has 0 bridgehead atoms. The van der Waals surface area contributed by atoms with Crippen molar-refractivity contribution in [3.63, 3.8) is 0 Å². The first-order valence-corrected chi connectivity index (χ1v) is 18.0. The molecule has 51 heavy (non-hydrogen) atoms. The Labute approximate surface area is 305 Å². The number of aromatic nitrogens is 2. The molecule has 4 aromatic carbocycles. The topological polar surface area (TPSA) is 46.0 Å². The summed E-state index contributed by atoms with van der Waals surface area (Å²) in [4.78, 5) is 10.0. The summed E-state index contributed by atoms with van der Waals surface area (Å²) in [7, 11) is 0. The fraction of sp³-hybridized carbons (Fsp3) is 0.292. The molecular formula is C48H52N2O. The summed E-state index contributed by atoms with van der Waals surface area (Å²) in [6, 6.07) is 36.2. The van der Waals surface area contributed by atoms with Crippen molar-refractivity contribution in [1.82, 2.24) is 9.97 Å². The Kier molecular flexibility index (Phi) is 9.31. The van der Waals surface area contributed by atoms with Gasteiger partial charge in [-0.05, 0) is 123 Å². The number of phenolic OH excluding ortho intramolecular Hbond substituents is 1. The average Bonchev–Trinajstić information content (AvgIpc) is 3.07. The third-order valence-corrected chi connectivity index (χ3v) is 9.91. The summed E-state index contributed by atoms with van der Waals surface area (Å²) in [5, 5.41) is 10.9. The highest BCUT2D eigenvalue weighted by Crippen LogP contribution is 2.39. The van der Waals surface area contributed by atoms with E-state index >= 15 is 0 Å². The number of aromatic hydroxyl groups is 1. The molecule has 0 saturated carbocycles. The van der Waals surface area contributed by atoms with Gasteiger partial charge in [-0.15, -0.1) is 0 Å². The van der Waals surface area contributed by atoms with Gasteiger partial charge in [0.1, 0.15) is 5.75 Å². The lowest BCUT2D eigenvalue weighted by Gasteiger charge is -2.26.